The third-order valence-electron chi connectivity index (χ3n) is 4.94. The van der Waals surface area contributed by atoms with Crippen LogP contribution in [0.1, 0.15) is 45.4 Å². The molecular formula is C14H23NO2. The summed E-state index contributed by atoms with van der Waals surface area (Å²) in [5, 5.41) is 10.2. The molecular weight excluding hydrogens is 214 g/mol. The lowest BCUT2D eigenvalue weighted by Gasteiger charge is -2.48. The van der Waals surface area contributed by atoms with E-state index in [-0.39, 0.29) is 5.92 Å². The maximum absolute atomic E-state index is 12.2. The third kappa shape index (κ3) is 2.10. The van der Waals surface area contributed by atoms with Crippen LogP contribution in [0.3, 0.4) is 0 Å². The standard InChI is InChI=1S/C14H23NO2/c1-10-2-4-11(5-3-10)13(16)15-8-14(17,9-15)12-6-7-12/h10-12,17H,2-9H2,1H3. The zero-order valence-electron chi connectivity index (χ0n) is 10.7. The zero-order valence-corrected chi connectivity index (χ0v) is 10.7. The van der Waals surface area contributed by atoms with Crippen molar-refractivity contribution in [3.63, 3.8) is 0 Å². The predicted octanol–water partition coefficient (Wildman–Crippen LogP) is 1.80. The molecule has 0 atom stereocenters. The van der Waals surface area contributed by atoms with E-state index in [1.54, 1.807) is 0 Å². The van der Waals surface area contributed by atoms with Gasteiger partial charge in [0.1, 0.15) is 5.60 Å². The number of carbonyl (C=O) groups excluding carboxylic acids is 1. The van der Waals surface area contributed by atoms with E-state index in [1.165, 1.54) is 12.8 Å². The fourth-order valence-corrected chi connectivity index (χ4v) is 3.41. The maximum atomic E-state index is 12.2. The van der Waals surface area contributed by atoms with Gasteiger partial charge >= 0.3 is 0 Å². The number of carbonyl (C=O) groups is 1. The van der Waals surface area contributed by atoms with Gasteiger partial charge in [0.15, 0.2) is 0 Å². The smallest absolute Gasteiger partial charge is 0.225 e. The Morgan fingerprint density at radius 2 is 1.71 bits per heavy atom. The first-order valence-electron chi connectivity index (χ1n) is 7.10. The van der Waals surface area contributed by atoms with E-state index in [9.17, 15) is 9.90 Å². The molecule has 0 unspecified atom stereocenters. The predicted molar refractivity (Wildman–Crippen MR) is 65.4 cm³/mol. The largest absolute Gasteiger partial charge is 0.386 e. The van der Waals surface area contributed by atoms with Gasteiger partial charge in [0.05, 0.1) is 13.1 Å². The second-order valence-electron chi connectivity index (χ2n) is 6.53. The summed E-state index contributed by atoms with van der Waals surface area (Å²) < 4.78 is 0. The Morgan fingerprint density at radius 3 is 2.24 bits per heavy atom. The van der Waals surface area contributed by atoms with Crippen LogP contribution in [0.25, 0.3) is 0 Å². The molecule has 3 nitrogen and oxygen atoms in total. The fraction of sp³-hybridized carbons (Fsp3) is 0.929. The Morgan fingerprint density at radius 1 is 1.12 bits per heavy atom. The van der Waals surface area contributed by atoms with Crippen molar-refractivity contribution in [3.8, 4) is 0 Å². The van der Waals surface area contributed by atoms with E-state index in [2.05, 4.69) is 6.92 Å². The number of rotatable bonds is 2. The zero-order chi connectivity index (χ0) is 12.0. The van der Waals surface area contributed by atoms with Gasteiger partial charge in [-0.25, -0.2) is 0 Å². The van der Waals surface area contributed by atoms with Crippen LogP contribution in [0, 0.1) is 17.8 Å². The van der Waals surface area contributed by atoms with Gasteiger partial charge in [0, 0.05) is 5.92 Å². The van der Waals surface area contributed by atoms with Gasteiger partial charge in [0.2, 0.25) is 5.91 Å². The summed E-state index contributed by atoms with van der Waals surface area (Å²) in [6.07, 6.45) is 6.80. The summed E-state index contributed by atoms with van der Waals surface area (Å²) in [5.41, 5.74) is -0.516. The molecule has 1 N–H and O–H groups in total. The van der Waals surface area contributed by atoms with Gasteiger partial charge < -0.3 is 10.0 Å². The molecule has 2 aliphatic carbocycles. The lowest BCUT2D eigenvalue weighted by Crippen LogP contribution is -2.65. The second-order valence-corrected chi connectivity index (χ2v) is 6.53. The molecule has 0 radical (unpaired) electrons. The summed E-state index contributed by atoms with van der Waals surface area (Å²) in [6.45, 7) is 3.47. The van der Waals surface area contributed by atoms with Crippen molar-refractivity contribution in [1.82, 2.24) is 4.90 Å². The van der Waals surface area contributed by atoms with Crippen molar-refractivity contribution in [2.45, 2.75) is 51.0 Å². The van der Waals surface area contributed by atoms with Crippen molar-refractivity contribution in [2.24, 2.45) is 17.8 Å². The lowest BCUT2D eigenvalue weighted by atomic mass is 9.80. The minimum Gasteiger partial charge on any atom is -0.386 e. The van der Waals surface area contributed by atoms with E-state index in [0.717, 1.165) is 31.6 Å². The van der Waals surface area contributed by atoms with Gasteiger partial charge in [-0.2, -0.15) is 0 Å². The molecule has 0 bridgehead atoms. The van der Waals surface area contributed by atoms with E-state index in [1.807, 2.05) is 4.90 Å². The Hall–Kier alpha value is -0.570. The Bertz CT molecular complexity index is 310. The maximum Gasteiger partial charge on any atom is 0.225 e. The summed E-state index contributed by atoms with van der Waals surface area (Å²) in [5.74, 6) is 1.83. The molecule has 0 aromatic heterocycles. The summed E-state index contributed by atoms with van der Waals surface area (Å²) in [7, 11) is 0. The summed E-state index contributed by atoms with van der Waals surface area (Å²) in [4.78, 5) is 14.1. The normalized spacial score (nSPS) is 36.5. The van der Waals surface area contributed by atoms with Crippen LogP contribution in [-0.2, 0) is 4.79 Å². The summed E-state index contributed by atoms with van der Waals surface area (Å²) in [6, 6.07) is 0. The third-order valence-corrected chi connectivity index (χ3v) is 4.94. The van der Waals surface area contributed by atoms with Crippen molar-refractivity contribution < 1.29 is 9.90 Å². The first kappa shape index (κ1) is 11.5. The number of hydrogen-bond acceptors (Lipinski definition) is 2. The molecule has 1 amide bonds. The van der Waals surface area contributed by atoms with Crippen LogP contribution in [0.15, 0.2) is 0 Å². The Kier molecular flexibility index (Phi) is 2.69. The molecule has 1 heterocycles. The highest BCUT2D eigenvalue weighted by atomic mass is 16.3. The number of aliphatic hydroxyl groups is 1. The van der Waals surface area contributed by atoms with E-state index in [0.29, 0.717) is 24.9 Å². The first-order chi connectivity index (χ1) is 8.08. The molecule has 3 rings (SSSR count). The van der Waals surface area contributed by atoms with Gasteiger partial charge in [-0.05, 0) is 50.4 Å². The molecule has 0 aromatic carbocycles. The van der Waals surface area contributed by atoms with Crippen LogP contribution in [0.2, 0.25) is 0 Å². The molecule has 2 saturated carbocycles. The van der Waals surface area contributed by atoms with Gasteiger partial charge in [-0.1, -0.05) is 6.92 Å². The Labute approximate surface area is 103 Å². The quantitative estimate of drug-likeness (QED) is 0.795. The van der Waals surface area contributed by atoms with Crippen LogP contribution < -0.4 is 0 Å². The molecule has 3 heteroatoms. The molecule has 0 aromatic rings. The highest BCUT2D eigenvalue weighted by Gasteiger charge is 2.53. The number of amides is 1. The molecule has 96 valence electrons. The molecule has 1 saturated heterocycles. The van der Waals surface area contributed by atoms with E-state index < -0.39 is 5.60 Å². The second kappa shape index (κ2) is 3.98. The highest BCUT2D eigenvalue weighted by Crippen LogP contribution is 2.45. The number of β-amino-alcohol motifs (C(OH)–C–C–N with tert-alkyl or cyclic N) is 1. The monoisotopic (exact) mass is 237 g/mol. The first-order valence-corrected chi connectivity index (χ1v) is 7.10. The van der Waals surface area contributed by atoms with Crippen LogP contribution in [0.5, 0.6) is 0 Å². The topological polar surface area (TPSA) is 40.5 Å². The molecule has 3 fully saturated rings. The SMILES string of the molecule is CC1CCC(C(=O)N2CC(O)(C3CC3)C2)CC1. The van der Waals surface area contributed by atoms with Gasteiger partial charge in [0.25, 0.3) is 0 Å². The number of nitrogens with zero attached hydrogens (tertiary/aromatic N) is 1. The van der Waals surface area contributed by atoms with Crippen molar-refractivity contribution in [1.29, 1.82) is 0 Å². The average Bonchev–Trinajstić information content (AvgIpc) is 3.09. The van der Waals surface area contributed by atoms with Crippen LogP contribution in [-0.4, -0.2) is 34.6 Å². The molecule has 0 spiro atoms. The van der Waals surface area contributed by atoms with Crippen LogP contribution in [0.4, 0.5) is 0 Å². The van der Waals surface area contributed by atoms with Crippen molar-refractivity contribution >= 4 is 5.91 Å². The van der Waals surface area contributed by atoms with E-state index >= 15 is 0 Å². The molecule has 3 aliphatic rings. The summed E-state index contributed by atoms with van der Waals surface area (Å²) >= 11 is 0. The van der Waals surface area contributed by atoms with Crippen molar-refractivity contribution in [3.05, 3.63) is 0 Å². The molecule has 1 aliphatic heterocycles. The lowest BCUT2D eigenvalue weighted by molar-refractivity contribution is -0.164. The minimum absolute atomic E-state index is 0.245. The van der Waals surface area contributed by atoms with Crippen molar-refractivity contribution in [2.75, 3.05) is 13.1 Å². The fourth-order valence-electron chi connectivity index (χ4n) is 3.41. The Balaban J connectivity index is 1.51. The van der Waals surface area contributed by atoms with Gasteiger partial charge in [-0.15, -0.1) is 0 Å². The minimum atomic E-state index is -0.516. The van der Waals surface area contributed by atoms with E-state index in [4.69, 9.17) is 0 Å². The van der Waals surface area contributed by atoms with Crippen LogP contribution >= 0.6 is 0 Å². The molecule has 17 heavy (non-hydrogen) atoms. The average molecular weight is 237 g/mol. The highest BCUT2D eigenvalue weighted by molar-refractivity contribution is 5.80. The number of likely N-dealkylation sites (tertiary alicyclic amines) is 1. The van der Waals surface area contributed by atoms with Gasteiger partial charge in [-0.3, -0.25) is 4.79 Å². The number of hydrogen-bond donors (Lipinski definition) is 1.